The molecule has 0 amide bonds. The first-order chi connectivity index (χ1) is 6.56. The quantitative estimate of drug-likeness (QED) is 0.461. The van der Waals surface area contributed by atoms with Crippen LogP contribution < -0.4 is 0 Å². The molecule has 0 spiro atoms. The SMILES string of the molecule is N#[N+]c1cc(Cl)ccc1C(=O)C(=O)O. The summed E-state index contributed by atoms with van der Waals surface area (Å²) in [5, 5.41) is 17.2. The van der Waals surface area contributed by atoms with Crippen LogP contribution in [0, 0.1) is 5.39 Å². The topological polar surface area (TPSA) is 82.5 Å². The number of carbonyl (C=O) groups is 2. The van der Waals surface area contributed by atoms with E-state index >= 15 is 0 Å². The monoisotopic (exact) mass is 211 g/mol. The molecule has 0 fully saturated rings. The molecule has 0 aliphatic rings. The van der Waals surface area contributed by atoms with Crippen LogP contribution >= 0.6 is 11.6 Å². The standard InChI is InChI=1S/C8H3ClN2O3/c9-4-1-2-5(6(3-4)11-10)7(12)8(13)14/h1-3H/p+1. The largest absolute Gasteiger partial charge is 0.475 e. The molecule has 1 aromatic carbocycles. The molecule has 1 N–H and O–H groups in total. The molecule has 1 rings (SSSR count). The molecule has 5 nitrogen and oxygen atoms in total. The summed E-state index contributed by atoms with van der Waals surface area (Å²) in [6, 6.07) is 3.72. The summed E-state index contributed by atoms with van der Waals surface area (Å²) in [5.74, 6) is -2.76. The van der Waals surface area contributed by atoms with Crippen LogP contribution in [-0.2, 0) is 4.79 Å². The van der Waals surface area contributed by atoms with Crippen LogP contribution in [0.2, 0.25) is 5.02 Å². The molecule has 0 saturated carbocycles. The minimum atomic E-state index is -1.61. The number of hydrogen-bond donors (Lipinski definition) is 1. The molecule has 0 saturated heterocycles. The summed E-state index contributed by atoms with van der Waals surface area (Å²) in [5.41, 5.74) is -0.366. The van der Waals surface area contributed by atoms with Gasteiger partial charge in [-0.05, 0) is 12.1 Å². The van der Waals surface area contributed by atoms with Gasteiger partial charge in [-0.2, -0.15) is 0 Å². The zero-order valence-electron chi connectivity index (χ0n) is 6.77. The second kappa shape index (κ2) is 3.85. The Bertz CT molecular complexity index is 450. The Morgan fingerprint density at radius 1 is 1.43 bits per heavy atom. The fourth-order valence-corrected chi connectivity index (χ4v) is 1.06. The molecule has 0 radical (unpaired) electrons. The molecule has 0 unspecified atom stereocenters. The van der Waals surface area contributed by atoms with Gasteiger partial charge in [0.1, 0.15) is 5.56 Å². The van der Waals surface area contributed by atoms with Crippen LogP contribution in [0.3, 0.4) is 0 Å². The molecular formula is C8H4ClN2O3+. The number of diazo groups is 1. The van der Waals surface area contributed by atoms with E-state index < -0.39 is 11.8 Å². The van der Waals surface area contributed by atoms with Crippen LogP contribution in [0.15, 0.2) is 18.2 Å². The molecule has 14 heavy (non-hydrogen) atoms. The van der Waals surface area contributed by atoms with Gasteiger partial charge in [-0.1, -0.05) is 11.6 Å². The number of carbonyl (C=O) groups excluding carboxylic acids is 1. The minimum absolute atomic E-state index is 0.162. The molecule has 0 aliphatic heterocycles. The highest BCUT2D eigenvalue weighted by atomic mass is 35.5. The third-order valence-electron chi connectivity index (χ3n) is 1.51. The summed E-state index contributed by atoms with van der Waals surface area (Å²) in [6.07, 6.45) is 0. The van der Waals surface area contributed by atoms with E-state index in [1.54, 1.807) is 0 Å². The van der Waals surface area contributed by atoms with Gasteiger partial charge < -0.3 is 5.11 Å². The van der Waals surface area contributed by atoms with E-state index in [9.17, 15) is 9.59 Å². The van der Waals surface area contributed by atoms with Crippen molar-refractivity contribution in [3.63, 3.8) is 0 Å². The van der Waals surface area contributed by atoms with Crippen molar-refractivity contribution in [2.24, 2.45) is 0 Å². The highest BCUT2D eigenvalue weighted by Crippen LogP contribution is 2.24. The zero-order chi connectivity index (χ0) is 10.7. The minimum Gasteiger partial charge on any atom is -0.475 e. The lowest BCUT2D eigenvalue weighted by atomic mass is 10.1. The molecular weight excluding hydrogens is 208 g/mol. The summed E-state index contributed by atoms with van der Waals surface area (Å²) >= 11 is 5.55. The molecule has 6 heteroatoms. The van der Waals surface area contributed by atoms with Crippen molar-refractivity contribution in [2.75, 3.05) is 0 Å². The van der Waals surface area contributed by atoms with Gasteiger partial charge in [-0.15, -0.1) is 0 Å². The number of carboxylic acids is 1. The van der Waals surface area contributed by atoms with E-state index in [1.165, 1.54) is 18.2 Å². The first-order valence-electron chi connectivity index (χ1n) is 3.48. The van der Waals surface area contributed by atoms with E-state index in [0.29, 0.717) is 0 Å². The van der Waals surface area contributed by atoms with Gasteiger partial charge in [-0.25, -0.2) is 4.79 Å². The summed E-state index contributed by atoms with van der Waals surface area (Å²) in [6.45, 7) is 0. The molecule has 0 aliphatic carbocycles. The number of benzene rings is 1. The van der Waals surface area contributed by atoms with E-state index in [-0.39, 0.29) is 16.3 Å². The van der Waals surface area contributed by atoms with E-state index in [0.717, 1.165) is 0 Å². The van der Waals surface area contributed by atoms with Crippen molar-refractivity contribution in [1.29, 1.82) is 5.39 Å². The molecule has 0 bridgehead atoms. The maximum Gasteiger partial charge on any atom is 0.397 e. The predicted octanol–water partition coefficient (Wildman–Crippen LogP) is 2.09. The lowest BCUT2D eigenvalue weighted by Gasteiger charge is -1.92. The number of ketones is 1. The molecule has 0 atom stereocenters. The Kier molecular flexibility index (Phi) is 2.79. The van der Waals surface area contributed by atoms with Crippen LogP contribution in [0.25, 0.3) is 4.98 Å². The number of hydrogen-bond acceptors (Lipinski definition) is 3. The molecule has 0 aromatic heterocycles. The van der Waals surface area contributed by atoms with E-state index in [1.807, 2.05) is 0 Å². The molecule has 70 valence electrons. The highest BCUT2D eigenvalue weighted by Gasteiger charge is 2.25. The van der Waals surface area contributed by atoms with Crippen molar-refractivity contribution in [1.82, 2.24) is 0 Å². The fraction of sp³-hybridized carbons (Fsp3) is 0. The third-order valence-corrected chi connectivity index (χ3v) is 1.74. The normalized spacial score (nSPS) is 9.14. The number of carboxylic acid groups (broad SMARTS) is 1. The Balaban J connectivity index is 3.30. The third kappa shape index (κ3) is 1.87. The van der Waals surface area contributed by atoms with Crippen LogP contribution in [0.4, 0.5) is 5.69 Å². The van der Waals surface area contributed by atoms with Crippen molar-refractivity contribution in [2.45, 2.75) is 0 Å². The smallest absolute Gasteiger partial charge is 0.397 e. The van der Waals surface area contributed by atoms with E-state index in [4.69, 9.17) is 22.1 Å². The van der Waals surface area contributed by atoms with Gasteiger partial charge in [0.05, 0.1) is 6.07 Å². The molecule has 1 aromatic rings. The average molecular weight is 212 g/mol. The summed E-state index contributed by atoms with van der Waals surface area (Å²) in [4.78, 5) is 24.1. The predicted molar refractivity (Wildman–Crippen MR) is 48.2 cm³/mol. The summed E-state index contributed by atoms with van der Waals surface area (Å²) in [7, 11) is 0. The number of Topliss-reactive ketones (excluding diaryl/α,β-unsaturated/α-hetero) is 1. The lowest BCUT2D eigenvalue weighted by Crippen LogP contribution is -2.12. The van der Waals surface area contributed by atoms with Gasteiger partial charge in [0.2, 0.25) is 5.39 Å². The number of aliphatic carboxylic acids is 1. The van der Waals surface area contributed by atoms with E-state index in [2.05, 4.69) is 4.98 Å². The lowest BCUT2D eigenvalue weighted by molar-refractivity contribution is -0.131. The second-order valence-electron chi connectivity index (χ2n) is 2.40. The van der Waals surface area contributed by atoms with Gasteiger partial charge in [0, 0.05) is 5.02 Å². The number of halogens is 1. The second-order valence-corrected chi connectivity index (χ2v) is 2.83. The Morgan fingerprint density at radius 2 is 2.07 bits per heavy atom. The average Bonchev–Trinajstić information content (AvgIpc) is 2.16. The maximum absolute atomic E-state index is 11.0. The zero-order valence-corrected chi connectivity index (χ0v) is 7.52. The van der Waals surface area contributed by atoms with Crippen molar-refractivity contribution < 1.29 is 14.7 Å². The number of rotatable bonds is 2. The Morgan fingerprint density at radius 3 is 2.57 bits per heavy atom. The van der Waals surface area contributed by atoms with Crippen molar-refractivity contribution >= 4 is 29.0 Å². The van der Waals surface area contributed by atoms with Gasteiger partial charge in [-0.3, -0.25) is 4.79 Å². The van der Waals surface area contributed by atoms with Crippen molar-refractivity contribution in [3.8, 4) is 0 Å². The molecule has 0 heterocycles. The van der Waals surface area contributed by atoms with Gasteiger partial charge >= 0.3 is 11.7 Å². The summed E-state index contributed by atoms with van der Waals surface area (Å²) < 4.78 is 0. The maximum atomic E-state index is 11.0. The van der Waals surface area contributed by atoms with Crippen LogP contribution in [-0.4, -0.2) is 16.9 Å². The Labute approximate surface area is 83.5 Å². The first kappa shape index (κ1) is 10.2. The highest BCUT2D eigenvalue weighted by molar-refractivity contribution is 6.41. The van der Waals surface area contributed by atoms with Gasteiger partial charge in [0.25, 0.3) is 5.78 Å². The van der Waals surface area contributed by atoms with Gasteiger partial charge in [0.15, 0.2) is 4.98 Å². The van der Waals surface area contributed by atoms with Crippen LogP contribution in [0.1, 0.15) is 10.4 Å². The Hall–Kier alpha value is -1.93. The van der Waals surface area contributed by atoms with Crippen molar-refractivity contribution in [3.05, 3.63) is 33.8 Å². The van der Waals surface area contributed by atoms with Crippen LogP contribution in [0.5, 0.6) is 0 Å². The first-order valence-corrected chi connectivity index (χ1v) is 3.86. The fourth-order valence-electron chi connectivity index (χ4n) is 0.895. The number of nitrogens with zero attached hydrogens (tertiary/aromatic N) is 2.